The molecule has 1 aromatic heterocycles. The van der Waals surface area contributed by atoms with Crippen LogP contribution in [0, 0.1) is 11.3 Å². The van der Waals surface area contributed by atoms with E-state index in [9.17, 15) is 0 Å². The van der Waals surface area contributed by atoms with E-state index in [1.54, 1.807) is 11.8 Å². The van der Waals surface area contributed by atoms with Gasteiger partial charge < -0.3 is 4.57 Å². The van der Waals surface area contributed by atoms with E-state index in [0.717, 1.165) is 12.1 Å². The third kappa shape index (κ3) is 2.54. The smallest absolute Gasteiger partial charge is 0.0856 e. The molecule has 0 saturated carbocycles. The van der Waals surface area contributed by atoms with Gasteiger partial charge in [0.2, 0.25) is 0 Å². The summed E-state index contributed by atoms with van der Waals surface area (Å²) < 4.78 is 2.19. The van der Waals surface area contributed by atoms with Crippen molar-refractivity contribution in [2.75, 3.05) is 5.75 Å². The molecule has 0 radical (unpaired) electrons. The summed E-state index contributed by atoms with van der Waals surface area (Å²) in [6.45, 7) is 6.80. The van der Waals surface area contributed by atoms with Crippen molar-refractivity contribution in [1.82, 2.24) is 4.57 Å². The van der Waals surface area contributed by atoms with Crippen LogP contribution in [0.15, 0.2) is 47.5 Å². The molecule has 0 N–H and O–H groups in total. The lowest BCUT2D eigenvalue weighted by Crippen LogP contribution is -1.95. The fraction of sp³-hybridized carbons (Fsp3) is 0.214. The van der Waals surface area contributed by atoms with Gasteiger partial charge in [0.25, 0.3) is 0 Å². The van der Waals surface area contributed by atoms with E-state index in [1.165, 1.54) is 15.8 Å². The Kier molecular flexibility index (Phi) is 3.55. The maximum absolute atomic E-state index is 8.66. The number of hydrogen-bond acceptors (Lipinski definition) is 2. The number of para-hydroxylation sites is 1. The van der Waals surface area contributed by atoms with Crippen molar-refractivity contribution < 1.29 is 0 Å². The molecule has 0 saturated heterocycles. The molecule has 17 heavy (non-hydrogen) atoms. The first-order chi connectivity index (χ1) is 8.22. The maximum Gasteiger partial charge on any atom is 0.0856 e. The Morgan fingerprint density at radius 3 is 2.94 bits per heavy atom. The van der Waals surface area contributed by atoms with Crippen LogP contribution in [0.3, 0.4) is 0 Å². The number of benzene rings is 1. The molecule has 0 aliphatic rings. The molecule has 0 amide bonds. The Bertz CT molecular complexity index is 590. The van der Waals surface area contributed by atoms with Gasteiger partial charge in [-0.3, -0.25) is 0 Å². The van der Waals surface area contributed by atoms with Crippen LogP contribution in [0.1, 0.15) is 6.92 Å². The lowest BCUT2D eigenvalue weighted by molar-refractivity contribution is 0.816. The second-order valence-electron chi connectivity index (χ2n) is 4.04. The van der Waals surface area contributed by atoms with Crippen LogP contribution in [0.25, 0.3) is 10.9 Å². The summed E-state index contributed by atoms with van der Waals surface area (Å²) in [6, 6.07) is 10.4. The van der Waals surface area contributed by atoms with Crippen molar-refractivity contribution in [3.63, 3.8) is 0 Å². The van der Waals surface area contributed by atoms with Crippen LogP contribution >= 0.6 is 11.8 Å². The fourth-order valence-electron chi connectivity index (χ4n) is 1.86. The Morgan fingerprint density at radius 2 is 2.24 bits per heavy atom. The van der Waals surface area contributed by atoms with Gasteiger partial charge in [0.05, 0.1) is 11.8 Å². The first kappa shape index (κ1) is 11.8. The highest BCUT2D eigenvalue weighted by atomic mass is 32.2. The molecule has 86 valence electrons. The topological polar surface area (TPSA) is 28.7 Å². The number of aromatic nitrogens is 1. The molecule has 3 heteroatoms. The van der Waals surface area contributed by atoms with E-state index in [0.29, 0.717) is 5.75 Å². The van der Waals surface area contributed by atoms with Crippen molar-refractivity contribution >= 4 is 22.7 Å². The first-order valence-corrected chi connectivity index (χ1v) is 6.43. The van der Waals surface area contributed by atoms with E-state index in [2.05, 4.69) is 35.5 Å². The number of rotatable bonds is 4. The summed E-state index contributed by atoms with van der Waals surface area (Å²) in [7, 11) is 0. The third-order valence-corrected chi connectivity index (χ3v) is 3.39. The Morgan fingerprint density at radius 1 is 1.47 bits per heavy atom. The highest BCUT2D eigenvalue weighted by Crippen LogP contribution is 2.30. The Labute approximate surface area is 106 Å². The van der Waals surface area contributed by atoms with Crippen LogP contribution in [-0.4, -0.2) is 10.3 Å². The zero-order valence-corrected chi connectivity index (χ0v) is 10.6. The summed E-state index contributed by atoms with van der Waals surface area (Å²) in [5.74, 6) is 0.487. The maximum atomic E-state index is 8.66. The van der Waals surface area contributed by atoms with Crippen LogP contribution < -0.4 is 0 Å². The van der Waals surface area contributed by atoms with Crippen LogP contribution in [0.5, 0.6) is 0 Å². The van der Waals surface area contributed by atoms with E-state index < -0.39 is 0 Å². The molecule has 0 spiro atoms. The summed E-state index contributed by atoms with van der Waals surface area (Å²) in [6.07, 6.45) is 2.11. The van der Waals surface area contributed by atoms with Crippen LogP contribution in [0.2, 0.25) is 0 Å². The van der Waals surface area contributed by atoms with Crippen molar-refractivity contribution in [2.45, 2.75) is 18.4 Å². The van der Waals surface area contributed by atoms with Crippen molar-refractivity contribution in [1.29, 1.82) is 5.26 Å². The third-order valence-electron chi connectivity index (χ3n) is 2.48. The van der Waals surface area contributed by atoms with Gasteiger partial charge in [-0.25, -0.2) is 0 Å². The Balaban J connectivity index is 2.47. The summed E-state index contributed by atoms with van der Waals surface area (Å²) in [5.41, 5.74) is 2.33. The normalized spacial score (nSPS) is 10.4. The van der Waals surface area contributed by atoms with Crippen molar-refractivity contribution in [2.24, 2.45) is 0 Å². The minimum atomic E-state index is 0.487. The van der Waals surface area contributed by atoms with Gasteiger partial charge >= 0.3 is 0 Å². The van der Waals surface area contributed by atoms with Crippen molar-refractivity contribution in [3.8, 4) is 6.07 Å². The van der Waals surface area contributed by atoms with Gasteiger partial charge in [0, 0.05) is 28.5 Å². The van der Waals surface area contributed by atoms with Crippen LogP contribution in [-0.2, 0) is 6.54 Å². The molecule has 0 fully saturated rings. The Hall–Kier alpha value is -1.66. The van der Waals surface area contributed by atoms with Gasteiger partial charge in [-0.2, -0.15) is 5.26 Å². The predicted molar refractivity (Wildman–Crippen MR) is 73.1 cm³/mol. The number of hydrogen-bond donors (Lipinski definition) is 0. The van der Waals surface area contributed by atoms with E-state index in [4.69, 9.17) is 5.26 Å². The number of allylic oxidation sites excluding steroid dienone is 1. The second kappa shape index (κ2) is 5.11. The van der Waals surface area contributed by atoms with Crippen molar-refractivity contribution in [3.05, 3.63) is 42.6 Å². The van der Waals surface area contributed by atoms with Gasteiger partial charge in [-0.1, -0.05) is 30.4 Å². The summed E-state index contributed by atoms with van der Waals surface area (Å²) in [5, 5.41) is 9.88. The molecular weight excluding hydrogens is 228 g/mol. The van der Waals surface area contributed by atoms with E-state index in [1.807, 2.05) is 19.1 Å². The molecular formula is C14H14N2S. The lowest BCUT2D eigenvalue weighted by Gasteiger charge is -2.03. The predicted octanol–water partition coefficient (Wildman–Crippen LogP) is 3.83. The van der Waals surface area contributed by atoms with Gasteiger partial charge in [-0.15, -0.1) is 11.8 Å². The molecule has 0 aliphatic carbocycles. The number of thioether (sulfide) groups is 1. The molecule has 0 unspecified atom stereocenters. The molecule has 0 aliphatic heterocycles. The van der Waals surface area contributed by atoms with E-state index in [-0.39, 0.29) is 0 Å². The minimum absolute atomic E-state index is 0.487. The molecule has 0 atom stereocenters. The SMILES string of the molecule is C=C(C)Cn1cc(SCC#N)c2ccccc21. The average molecular weight is 242 g/mol. The summed E-state index contributed by atoms with van der Waals surface area (Å²) >= 11 is 1.59. The zero-order chi connectivity index (χ0) is 12.3. The standard InChI is InChI=1S/C14H14N2S/c1-11(2)9-16-10-14(17-8-7-15)12-5-3-4-6-13(12)16/h3-6,10H,1,8-9H2,2H3. The van der Waals surface area contributed by atoms with Gasteiger partial charge in [0.1, 0.15) is 0 Å². The molecule has 0 bridgehead atoms. The molecule has 2 rings (SSSR count). The van der Waals surface area contributed by atoms with Crippen LogP contribution in [0.4, 0.5) is 0 Å². The lowest BCUT2D eigenvalue weighted by atomic mass is 10.2. The van der Waals surface area contributed by atoms with E-state index >= 15 is 0 Å². The highest BCUT2D eigenvalue weighted by Gasteiger charge is 2.07. The fourth-order valence-corrected chi connectivity index (χ4v) is 2.61. The monoisotopic (exact) mass is 242 g/mol. The number of nitrogens with zero attached hydrogens (tertiary/aromatic N) is 2. The second-order valence-corrected chi connectivity index (χ2v) is 5.06. The molecule has 1 aromatic carbocycles. The number of fused-ring (bicyclic) bond motifs is 1. The highest BCUT2D eigenvalue weighted by molar-refractivity contribution is 7.99. The molecule has 2 nitrogen and oxygen atoms in total. The quantitative estimate of drug-likeness (QED) is 0.602. The van der Waals surface area contributed by atoms with Gasteiger partial charge in [0.15, 0.2) is 0 Å². The van der Waals surface area contributed by atoms with Gasteiger partial charge in [-0.05, 0) is 13.0 Å². The minimum Gasteiger partial charge on any atom is -0.342 e. The largest absolute Gasteiger partial charge is 0.342 e. The molecule has 1 heterocycles. The number of nitriles is 1. The molecule has 2 aromatic rings. The zero-order valence-electron chi connectivity index (χ0n) is 9.81. The first-order valence-electron chi connectivity index (χ1n) is 5.44. The average Bonchev–Trinajstić information content (AvgIpc) is 2.65. The summed E-state index contributed by atoms with van der Waals surface area (Å²) in [4.78, 5) is 1.17.